The van der Waals surface area contributed by atoms with Crippen LogP contribution in [0.2, 0.25) is 10.0 Å². The molecule has 0 aliphatic heterocycles. The zero-order valence-corrected chi connectivity index (χ0v) is 14.7. The molecule has 24 heavy (non-hydrogen) atoms. The lowest BCUT2D eigenvalue weighted by Crippen LogP contribution is -2.22. The zero-order chi connectivity index (χ0) is 17.9. The fourth-order valence-electron chi connectivity index (χ4n) is 2.05. The number of aryl methyl sites for hydroxylation is 2. The Morgan fingerprint density at radius 1 is 1.33 bits per heavy atom. The summed E-state index contributed by atoms with van der Waals surface area (Å²) in [5.41, 5.74) is 0.906. The summed E-state index contributed by atoms with van der Waals surface area (Å²) in [4.78, 5) is 23.9. The Morgan fingerprint density at radius 3 is 2.67 bits per heavy atom. The van der Waals surface area contributed by atoms with Crippen LogP contribution in [0.15, 0.2) is 18.2 Å². The van der Waals surface area contributed by atoms with E-state index in [9.17, 15) is 9.59 Å². The maximum atomic E-state index is 12.1. The molecule has 2 rings (SSSR count). The minimum Gasteiger partial charge on any atom is -0.482 e. The van der Waals surface area contributed by atoms with Gasteiger partial charge in [-0.1, -0.05) is 23.2 Å². The van der Waals surface area contributed by atoms with Gasteiger partial charge in [0.1, 0.15) is 5.75 Å². The van der Waals surface area contributed by atoms with Gasteiger partial charge in [0.15, 0.2) is 12.3 Å². The Morgan fingerprint density at radius 2 is 2.04 bits per heavy atom. The molecule has 1 heterocycles. The molecule has 0 bridgehead atoms. The summed E-state index contributed by atoms with van der Waals surface area (Å²) in [5, 5.41) is 7.46. The number of hydrogen-bond acceptors (Lipinski definition) is 5. The van der Waals surface area contributed by atoms with Crippen LogP contribution >= 0.6 is 23.2 Å². The van der Waals surface area contributed by atoms with Crippen LogP contribution in [0.5, 0.6) is 5.75 Å². The van der Waals surface area contributed by atoms with Crippen molar-refractivity contribution in [2.45, 2.75) is 6.92 Å². The molecule has 7 nitrogen and oxygen atoms in total. The molecule has 1 aromatic carbocycles. The van der Waals surface area contributed by atoms with Crippen molar-refractivity contribution in [2.24, 2.45) is 7.05 Å². The predicted octanol–water partition coefficient (Wildman–Crippen LogP) is 2.84. The molecule has 128 valence electrons. The Bertz CT molecular complexity index is 789. The molecule has 0 unspecified atom stereocenters. The molecule has 0 aliphatic carbocycles. The van der Waals surface area contributed by atoms with Crippen LogP contribution in [0.3, 0.4) is 0 Å². The summed E-state index contributed by atoms with van der Waals surface area (Å²) in [6, 6.07) is 4.67. The lowest BCUT2D eigenvalue weighted by Gasteiger charge is -2.10. The Kier molecular flexibility index (Phi) is 5.69. The number of benzene rings is 1. The number of hydrogen-bond donors (Lipinski definition) is 1. The van der Waals surface area contributed by atoms with E-state index in [0.717, 1.165) is 0 Å². The molecule has 0 fully saturated rings. The minimum absolute atomic E-state index is 0.146. The Hall–Kier alpha value is -2.25. The number of amides is 1. The number of methoxy groups -OCH3 is 1. The van der Waals surface area contributed by atoms with Gasteiger partial charge in [-0.25, -0.2) is 4.79 Å². The summed E-state index contributed by atoms with van der Waals surface area (Å²) < 4.78 is 11.4. The molecule has 2 aromatic rings. The molecule has 0 aliphatic rings. The number of nitrogens with one attached hydrogen (secondary N) is 1. The first kappa shape index (κ1) is 18.1. The summed E-state index contributed by atoms with van der Waals surface area (Å²) in [5.74, 6) is -0.746. The lowest BCUT2D eigenvalue weighted by atomic mass is 10.3. The average molecular weight is 372 g/mol. The fourth-order valence-corrected chi connectivity index (χ4v) is 2.51. The van der Waals surface area contributed by atoms with E-state index in [4.69, 9.17) is 32.7 Å². The molecule has 0 spiro atoms. The lowest BCUT2D eigenvalue weighted by molar-refractivity contribution is -0.118. The highest BCUT2D eigenvalue weighted by molar-refractivity contribution is 6.35. The number of esters is 1. The molecule has 0 atom stereocenters. The van der Waals surface area contributed by atoms with Crippen LogP contribution in [0.1, 0.15) is 16.2 Å². The third-order valence-electron chi connectivity index (χ3n) is 3.12. The van der Waals surface area contributed by atoms with E-state index in [0.29, 0.717) is 21.5 Å². The fraction of sp³-hybridized carbons (Fsp3) is 0.267. The zero-order valence-electron chi connectivity index (χ0n) is 13.2. The van der Waals surface area contributed by atoms with E-state index < -0.39 is 11.9 Å². The van der Waals surface area contributed by atoms with Crippen LogP contribution in [0.25, 0.3) is 0 Å². The summed E-state index contributed by atoms with van der Waals surface area (Å²) in [7, 11) is 2.83. The van der Waals surface area contributed by atoms with Gasteiger partial charge < -0.3 is 14.8 Å². The maximum Gasteiger partial charge on any atom is 0.358 e. The first-order valence-corrected chi connectivity index (χ1v) is 7.58. The second-order valence-electron chi connectivity index (χ2n) is 4.84. The number of aromatic nitrogens is 2. The number of carbonyl (C=O) groups excluding carboxylic acids is 2. The van der Waals surface area contributed by atoms with Crippen molar-refractivity contribution >= 4 is 40.8 Å². The van der Waals surface area contributed by atoms with E-state index >= 15 is 0 Å². The summed E-state index contributed by atoms with van der Waals surface area (Å²) >= 11 is 11.8. The van der Waals surface area contributed by atoms with Gasteiger partial charge in [-0.15, -0.1) is 0 Å². The van der Waals surface area contributed by atoms with Crippen molar-refractivity contribution in [1.82, 2.24) is 9.78 Å². The predicted molar refractivity (Wildman–Crippen MR) is 89.9 cm³/mol. The van der Waals surface area contributed by atoms with Crippen molar-refractivity contribution in [3.8, 4) is 5.75 Å². The average Bonchev–Trinajstić information content (AvgIpc) is 2.79. The quantitative estimate of drug-likeness (QED) is 0.817. The molecule has 1 N–H and O–H groups in total. The standard InChI is InChI=1S/C15H15Cl2N3O4/c1-8-13(14(15(22)23-3)20(2)19-8)18-12(21)7-24-11-5-4-9(16)6-10(11)17/h4-6H,7H2,1-3H3,(H,18,21). The van der Waals surface area contributed by atoms with Crippen LogP contribution < -0.4 is 10.1 Å². The van der Waals surface area contributed by atoms with E-state index in [-0.39, 0.29) is 18.0 Å². The van der Waals surface area contributed by atoms with Crippen molar-refractivity contribution in [3.63, 3.8) is 0 Å². The van der Waals surface area contributed by atoms with Crippen LogP contribution in [0.4, 0.5) is 5.69 Å². The number of nitrogens with zero attached hydrogens (tertiary/aromatic N) is 2. The van der Waals surface area contributed by atoms with Crippen molar-refractivity contribution < 1.29 is 19.1 Å². The van der Waals surface area contributed by atoms with Gasteiger partial charge in [0, 0.05) is 12.1 Å². The van der Waals surface area contributed by atoms with Gasteiger partial charge in [0.2, 0.25) is 0 Å². The largest absolute Gasteiger partial charge is 0.482 e. The third-order valence-corrected chi connectivity index (χ3v) is 3.65. The summed E-state index contributed by atoms with van der Waals surface area (Å²) in [6.45, 7) is 1.37. The molecule has 0 saturated heterocycles. The van der Waals surface area contributed by atoms with Gasteiger partial charge in [-0.2, -0.15) is 5.10 Å². The highest BCUT2D eigenvalue weighted by Gasteiger charge is 2.22. The number of carbonyl (C=O) groups is 2. The number of ether oxygens (including phenoxy) is 2. The van der Waals surface area contributed by atoms with Crippen molar-refractivity contribution in [2.75, 3.05) is 19.0 Å². The van der Waals surface area contributed by atoms with Gasteiger partial charge in [0.05, 0.1) is 23.5 Å². The molecule has 0 saturated carbocycles. The number of rotatable bonds is 5. The molecular formula is C15H15Cl2N3O4. The molecular weight excluding hydrogens is 357 g/mol. The Labute approximate surface area is 148 Å². The van der Waals surface area contributed by atoms with Crippen LogP contribution in [-0.4, -0.2) is 35.4 Å². The molecule has 9 heteroatoms. The second-order valence-corrected chi connectivity index (χ2v) is 5.68. The molecule has 1 amide bonds. The highest BCUT2D eigenvalue weighted by atomic mass is 35.5. The Balaban J connectivity index is 2.09. The number of halogens is 2. The van der Waals surface area contributed by atoms with Crippen molar-refractivity contribution in [3.05, 3.63) is 39.6 Å². The topological polar surface area (TPSA) is 82.4 Å². The first-order chi connectivity index (χ1) is 11.3. The van der Waals surface area contributed by atoms with Crippen LogP contribution in [-0.2, 0) is 16.6 Å². The van der Waals surface area contributed by atoms with E-state index in [2.05, 4.69) is 10.4 Å². The summed E-state index contributed by atoms with van der Waals surface area (Å²) in [6.07, 6.45) is 0. The smallest absolute Gasteiger partial charge is 0.358 e. The van der Waals surface area contributed by atoms with Gasteiger partial charge in [-0.3, -0.25) is 9.48 Å². The van der Waals surface area contributed by atoms with E-state index in [1.165, 1.54) is 17.9 Å². The molecule has 1 aromatic heterocycles. The number of anilines is 1. The van der Waals surface area contributed by atoms with Gasteiger partial charge in [-0.05, 0) is 25.1 Å². The highest BCUT2D eigenvalue weighted by Crippen LogP contribution is 2.27. The monoisotopic (exact) mass is 371 g/mol. The normalized spacial score (nSPS) is 10.4. The SMILES string of the molecule is COC(=O)c1c(NC(=O)COc2ccc(Cl)cc2Cl)c(C)nn1C. The van der Waals surface area contributed by atoms with Gasteiger partial charge in [0.25, 0.3) is 5.91 Å². The second kappa shape index (κ2) is 7.55. The first-order valence-electron chi connectivity index (χ1n) is 6.83. The molecule has 0 radical (unpaired) electrons. The van der Waals surface area contributed by atoms with E-state index in [1.54, 1.807) is 26.1 Å². The van der Waals surface area contributed by atoms with E-state index in [1.807, 2.05) is 0 Å². The third kappa shape index (κ3) is 3.98. The van der Waals surface area contributed by atoms with Crippen molar-refractivity contribution in [1.29, 1.82) is 0 Å². The minimum atomic E-state index is -0.602. The van der Waals surface area contributed by atoms with Crippen LogP contribution in [0, 0.1) is 6.92 Å². The van der Waals surface area contributed by atoms with Gasteiger partial charge >= 0.3 is 5.97 Å². The maximum absolute atomic E-state index is 12.1.